The molecule has 9 nitrogen and oxygen atoms in total. The van der Waals surface area contributed by atoms with Gasteiger partial charge in [0.25, 0.3) is 0 Å². The molecular weight excluding hydrogens is 762 g/mol. The number of rotatable bonds is 6. The number of aryl methyl sites for hydroxylation is 5. The van der Waals surface area contributed by atoms with E-state index in [1.165, 1.54) is 9.75 Å². The number of pyridine rings is 2. The molecule has 0 aliphatic rings. The van der Waals surface area contributed by atoms with Gasteiger partial charge >= 0.3 is 0 Å². The number of ether oxygens (including phenoxy) is 1. The summed E-state index contributed by atoms with van der Waals surface area (Å²) >= 11 is 16.2. The third kappa shape index (κ3) is 11.3. The second-order valence-corrected chi connectivity index (χ2v) is 14.1. The highest BCUT2D eigenvalue weighted by Gasteiger charge is 2.08. The van der Waals surface area contributed by atoms with Crippen LogP contribution in [-0.4, -0.2) is 49.7 Å². The molecule has 6 heterocycles. The number of aromatic nitrogens is 6. The van der Waals surface area contributed by atoms with Crippen LogP contribution in [0.5, 0.6) is 5.06 Å². The van der Waals surface area contributed by atoms with E-state index < -0.39 is 0 Å². The van der Waals surface area contributed by atoms with Crippen LogP contribution in [0, 0.1) is 20.8 Å². The fourth-order valence-electron chi connectivity index (χ4n) is 3.69. The summed E-state index contributed by atoms with van der Waals surface area (Å²) in [6.45, 7) is 5.97. The number of aliphatic hydroxyl groups excluding tert-OH is 1. The molecule has 6 rings (SSSR count). The van der Waals surface area contributed by atoms with Gasteiger partial charge in [0.05, 0.1) is 34.2 Å². The van der Waals surface area contributed by atoms with Crippen molar-refractivity contribution in [3.8, 4) is 27.6 Å². The first-order valence-corrected chi connectivity index (χ1v) is 17.1. The lowest BCUT2D eigenvalue weighted by molar-refractivity contribution is 0.399. The van der Waals surface area contributed by atoms with Crippen LogP contribution in [0.4, 0.5) is 5.82 Å². The van der Waals surface area contributed by atoms with E-state index in [1.807, 2.05) is 50.4 Å². The molecule has 6 aromatic rings. The Morgan fingerprint density at radius 3 is 2.02 bits per heavy atom. The Bertz CT molecular complexity index is 1780. The number of hydrogen-bond donors (Lipinski definition) is 4. The van der Waals surface area contributed by atoms with Crippen LogP contribution in [0.2, 0.25) is 4.34 Å². The lowest BCUT2D eigenvalue weighted by atomic mass is 10.1. The van der Waals surface area contributed by atoms with E-state index in [2.05, 4.69) is 81.3 Å². The van der Waals surface area contributed by atoms with E-state index >= 15 is 0 Å². The molecule has 0 bridgehead atoms. The van der Waals surface area contributed by atoms with Crippen LogP contribution in [-0.2, 0) is 12.8 Å². The van der Waals surface area contributed by atoms with Gasteiger partial charge in [0.1, 0.15) is 5.82 Å². The first-order chi connectivity index (χ1) is 21.6. The van der Waals surface area contributed by atoms with Gasteiger partial charge < -0.3 is 15.6 Å². The van der Waals surface area contributed by atoms with E-state index in [-0.39, 0.29) is 0 Å². The first kappa shape index (κ1) is 36.4. The highest BCUT2D eigenvalue weighted by Crippen LogP contribution is 2.26. The predicted molar refractivity (Wildman–Crippen MR) is 193 cm³/mol. The number of methoxy groups -OCH3 is 1. The van der Waals surface area contributed by atoms with Crippen molar-refractivity contribution in [2.75, 3.05) is 20.0 Å². The van der Waals surface area contributed by atoms with Crippen molar-refractivity contribution in [3.63, 3.8) is 0 Å². The van der Waals surface area contributed by atoms with E-state index in [4.69, 9.17) is 27.2 Å². The summed E-state index contributed by atoms with van der Waals surface area (Å²) in [5.41, 5.74) is 12.3. The summed E-state index contributed by atoms with van der Waals surface area (Å²) < 4.78 is 7.77. The number of aromatic amines is 2. The minimum atomic E-state index is 0.483. The predicted octanol–water partition coefficient (Wildman–Crippen LogP) is 8.84. The van der Waals surface area contributed by atoms with E-state index in [0.29, 0.717) is 5.82 Å². The molecule has 0 aliphatic carbocycles. The van der Waals surface area contributed by atoms with Crippen LogP contribution in [0.25, 0.3) is 22.5 Å². The Morgan fingerprint density at radius 2 is 1.51 bits per heavy atom. The molecule has 0 atom stereocenters. The Kier molecular flexibility index (Phi) is 14.7. The van der Waals surface area contributed by atoms with Crippen molar-refractivity contribution < 1.29 is 9.84 Å². The number of nitrogen functional groups attached to an aromatic ring is 1. The molecule has 0 saturated heterocycles. The minimum absolute atomic E-state index is 0.483. The number of H-pyrrole nitrogens is 2. The first-order valence-electron chi connectivity index (χ1n) is 13.5. The second kappa shape index (κ2) is 18.2. The van der Waals surface area contributed by atoms with Gasteiger partial charge in [-0.05, 0) is 108 Å². The molecule has 0 unspecified atom stereocenters. The molecule has 45 heavy (non-hydrogen) atoms. The molecule has 0 spiro atoms. The molecule has 238 valence electrons. The molecule has 6 aromatic heterocycles. The van der Waals surface area contributed by atoms with Gasteiger partial charge in [0.2, 0.25) is 0 Å². The molecule has 0 aliphatic heterocycles. The number of nitrogens with two attached hydrogens (primary N) is 1. The van der Waals surface area contributed by atoms with Gasteiger partial charge in [-0.15, -0.1) is 22.7 Å². The zero-order chi connectivity index (χ0) is 32.9. The summed E-state index contributed by atoms with van der Waals surface area (Å²) in [5, 5.41) is 22.1. The van der Waals surface area contributed by atoms with Gasteiger partial charge in [-0.3, -0.25) is 20.2 Å². The van der Waals surface area contributed by atoms with Crippen molar-refractivity contribution in [2.24, 2.45) is 0 Å². The van der Waals surface area contributed by atoms with E-state index in [9.17, 15) is 0 Å². The number of hydrogen-bond acceptors (Lipinski definition) is 9. The van der Waals surface area contributed by atoms with Gasteiger partial charge in [-0.25, -0.2) is 0 Å². The molecule has 0 saturated carbocycles. The molecule has 5 N–H and O–H groups in total. The second-order valence-electron chi connectivity index (χ2n) is 9.34. The maximum atomic E-state index is 7.00. The third-order valence-electron chi connectivity index (χ3n) is 6.07. The quantitative estimate of drug-likeness (QED) is 0.132. The van der Waals surface area contributed by atoms with Crippen molar-refractivity contribution in [1.29, 1.82) is 0 Å². The summed E-state index contributed by atoms with van der Waals surface area (Å²) in [6.07, 6.45) is 5.52. The number of anilines is 1. The van der Waals surface area contributed by atoms with Crippen LogP contribution in [0.15, 0.2) is 69.9 Å². The molecule has 0 amide bonds. The third-order valence-corrected chi connectivity index (χ3v) is 9.93. The smallest absolute Gasteiger partial charge is 0.173 e. The van der Waals surface area contributed by atoms with Crippen LogP contribution < -0.4 is 10.5 Å². The highest BCUT2D eigenvalue weighted by molar-refractivity contribution is 9.10. The average Bonchev–Trinajstić information content (AvgIpc) is 3.85. The van der Waals surface area contributed by atoms with Gasteiger partial charge in [-0.2, -0.15) is 10.2 Å². The summed E-state index contributed by atoms with van der Waals surface area (Å²) in [7, 11) is 2.69. The van der Waals surface area contributed by atoms with Crippen molar-refractivity contribution in [2.45, 2.75) is 33.6 Å². The number of halogens is 3. The lowest BCUT2D eigenvalue weighted by Crippen LogP contribution is -1.88. The van der Waals surface area contributed by atoms with Crippen molar-refractivity contribution in [1.82, 2.24) is 30.4 Å². The van der Waals surface area contributed by atoms with Gasteiger partial charge in [0.15, 0.2) is 5.06 Å². The van der Waals surface area contributed by atoms with Crippen LogP contribution in [0.3, 0.4) is 0 Å². The summed E-state index contributed by atoms with van der Waals surface area (Å²) in [4.78, 5) is 11.2. The Balaban J connectivity index is 0.000000198. The topological polar surface area (TPSA) is 139 Å². The monoisotopic (exact) mass is 793 g/mol. The summed E-state index contributed by atoms with van der Waals surface area (Å²) in [6, 6.07) is 15.9. The minimum Gasteiger partial charge on any atom is -0.487 e. The maximum absolute atomic E-state index is 7.00. The number of nitrogens with one attached hydrogen (secondary N) is 2. The zero-order valence-electron chi connectivity index (χ0n) is 25.4. The highest BCUT2D eigenvalue weighted by atomic mass is 79.9. The lowest BCUT2D eigenvalue weighted by Gasteiger charge is -2.00. The Morgan fingerprint density at radius 1 is 0.844 bits per heavy atom. The van der Waals surface area contributed by atoms with Crippen LogP contribution >= 0.6 is 66.1 Å². The maximum Gasteiger partial charge on any atom is 0.173 e. The van der Waals surface area contributed by atoms with E-state index in [0.717, 1.165) is 77.9 Å². The molecule has 0 radical (unpaired) electrons. The SMILES string of the molecule is CO.COc1ccc(C)s1.Cc1ncc(-c2cc(CCc3ccc(Cl)s3)[nH]n2)cc1Br.Cc1ncc(-c2cc(N)n[nH]2)cc1Br. The average molecular weight is 796 g/mol. The van der Waals surface area contributed by atoms with Crippen molar-refractivity contribution in [3.05, 3.63) is 101 Å². The number of nitrogens with zero attached hydrogens (tertiary/aromatic N) is 4. The van der Waals surface area contributed by atoms with Gasteiger partial charge in [0, 0.05) is 61.1 Å². The molecule has 14 heteroatoms. The number of aliphatic hydroxyl groups is 1. The fourth-order valence-corrected chi connectivity index (χ4v) is 6.15. The molecular formula is C31H34Br2ClN7O2S2. The van der Waals surface area contributed by atoms with E-state index in [1.54, 1.807) is 42.0 Å². The zero-order valence-corrected chi connectivity index (χ0v) is 30.9. The molecule has 0 aromatic carbocycles. The number of thiophene rings is 2. The van der Waals surface area contributed by atoms with Crippen LogP contribution in [0.1, 0.15) is 26.8 Å². The summed E-state index contributed by atoms with van der Waals surface area (Å²) in [5.74, 6) is 0.483. The normalized spacial score (nSPS) is 10.2. The standard InChI is InChI=1S/C15H13BrClN3S.C9H9BrN4.C6H8OS.CH4O/c1-9-13(16)6-10(8-18-9)14-7-11(19-20-14)2-3-12-4-5-15(17)21-12;1-5-7(10)2-6(4-12-5)8-3-9(11)14-13-8;1-5-3-4-6(7-2)8-5;1-2/h4-8H,2-3H2,1H3,(H,19,20);2-4H,1H3,(H3,11,13,14);3-4H,1-2H3;2H,1H3. The Labute approximate surface area is 292 Å². The van der Waals surface area contributed by atoms with Gasteiger partial charge in [-0.1, -0.05) is 11.6 Å². The molecule has 0 fully saturated rings. The Hall–Kier alpha value is -3.07. The largest absolute Gasteiger partial charge is 0.487 e. The van der Waals surface area contributed by atoms with Crippen molar-refractivity contribution >= 4 is 72.0 Å². The fraction of sp³-hybridized carbons (Fsp3) is 0.226.